The van der Waals surface area contributed by atoms with Crippen molar-refractivity contribution in [2.45, 2.75) is 70.6 Å². The molecule has 3 rings (SSSR count). The van der Waals surface area contributed by atoms with Crippen LogP contribution in [0.25, 0.3) is 0 Å². The third-order valence-electron chi connectivity index (χ3n) is 4.83. The molecule has 0 bridgehead atoms. The highest BCUT2D eigenvalue weighted by Crippen LogP contribution is 2.25. The molecular formula is C18H28N2. The van der Waals surface area contributed by atoms with Crippen molar-refractivity contribution in [2.24, 2.45) is 0 Å². The van der Waals surface area contributed by atoms with E-state index in [2.05, 4.69) is 41.4 Å². The van der Waals surface area contributed by atoms with Crippen LogP contribution < -0.4 is 5.32 Å². The van der Waals surface area contributed by atoms with E-state index in [0.717, 1.165) is 25.2 Å². The maximum atomic E-state index is 3.58. The van der Waals surface area contributed by atoms with Crippen LogP contribution in [0.2, 0.25) is 0 Å². The van der Waals surface area contributed by atoms with Crippen LogP contribution in [0.1, 0.15) is 56.6 Å². The number of nitrogens with zero attached hydrogens (tertiary/aromatic N) is 1. The molecule has 1 aromatic carbocycles. The Bertz CT molecular complexity index is 402. The number of nitrogens with one attached hydrogen (secondary N) is 1. The highest BCUT2D eigenvalue weighted by Gasteiger charge is 2.21. The fourth-order valence-corrected chi connectivity index (χ4v) is 3.32. The van der Waals surface area contributed by atoms with Gasteiger partial charge in [-0.3, -0.25) is 4.90 Å². The number of hydrogen-bond donors (Lipinski definition) is 1. The normalized spacial score (nSPS) is 19.9. The van der Waals surface area contributed by atoms with Crippen molar-refractivity contribution in [3.63, 3.8) is 0 Å². The Hall–Kier alpha value is -0.860. The maximum Gasteiger partial charge on any atom is 0.0236 e. The highest BCUT2D eigenvalue weighted by atomic mass is 15.1. The van der Waals surface area contributed by atoms with Crippen LogP contribution >= 0.6 is 0 Å². The van der Waals surface area contributed by atoms with Gasteiger partial charge in [-0.05, 0) is 43.4 Å². The molecule has 0 amide bonds. The second-order valence-corrected chi connectivity index (χ2v) is 6.47. The van der Waals surface area contributed by atoms with E-state index in [1.54, 1.807) is 0 Å². The molecule has 2 nitrogen and oxygen atoms in total. The van der Waals surface area contributed by atoms with Gasteiger partial charge >= 0.3 is 0 Å². The van der Waals surface area contributed by atoms with Crippen molar-refractivity contribution in [1.82, 2.24) is 10.2 Å². The Balaban J connectivity index is 1.52. The van der Waals surface area contributed by atoms with Gasteiger partial charge in [0, 0.05) is 25.2 Å². The van der Waals surface area contributed by atoms with Crippen LogP contribution in [0.5, 0.6) is 0 Å². The van der Waals surface area contributed by atoms with Crippen molar-refractivity contribution in [1.29, 1.82) is 0 Å². The monoisotopic (exact) mass is 272 g/mol. The molecule has 2 fully saturated rings. The molecular weight excluding hydrogens is 244 g/mol. The van der Waals surface area contributed by atoms with Crippen LogP contribution in [-0.2, 0) is 13.1 Å². The van der Waals surface area contributed by atoms with Crippen molar-refractivity contribution in [3.8, 4) is 0 Å². The summed E-state index contributed by atoms with van der Waals surface area (Å²) in [5.74, 6) is 0. The van der Waals surface area contributed by atoms with Gasteiger partial charge in [-0.15, -0.1) is 0 Å². The third-order valence-corrected chi connectivity index (χ3v) is 4.83. The van der Waals surface area contributed by atoms with Gasteiger partial charge in [-0.1, -0.05) is 44.0 Å². The topological polar surface area (TPSA) is 15.3 Å². The van der Waals surface area contributed by atoms with Crippen LogP contribution in [0.3, 0.4) is 0 Å². The zero-order valence-corrected chi connectivity index (χ0v) is 12.8. The fraction of sp³-hybridized carbons (Fsp3) is 0.667. The molecule has 0 aliphatic heterocycles. The first-order valence-electron chi connectivity index (χ1n) is 8.40. The average Bonchev–Trinajstić information content (AvgIpc) is 3.16. The Morgan fingerprint density at radius 3 is 2.25 bits per heavy atom. The van der Waals surface area contributed by atoms with Crippen molar-refractivity contribution >= 4 is 0 Å². The molecule has 2 saturated carbocycles. The summed E-state index contributed by atoms with van der Waals surface area (Å²) in [5.41, 5.74) is 2.89. The lowest BCUT2D eigenvalue weighted by Gasteiger charge is -2.27. The second-order valence-electron chi connectivity index (χ2n) is 6.47. The standard InChI is InChI=1S/C18H28N2/c1-2-20(18-5-3-4-6-18)14-16-9-7-15(8-10-16)13-19-17-11-12-17/h7-10,17-19H,2-6,11-14H2,1H3. The predicted molar refractivity (Wildman–Crippen MR) is 84.6 cm³/mol. The number of benzene rings is 1. The summed E-state index contributed by atoms with van der Waals surface area (Å²) >= 11 is 0. The minimum absolute atomic E-state index is 0.799. The zero-order chi connectivity index (χ0) is 13.8. The van der Waals surface area contributed by atoms with E-state index < -0.39 is 0 Å². The van der Waals surface area contributed by atoms with E-state index in [9.17, 15) is 0 Å². The average molecular weight is 272 g/mol. The Morgan fingerprint density at radius 2 is 1.65 bits per heavy atom. The number of hydrogen-bond acceptors (Lipinski definition) is 2. The van der Waals surface area contributed by atoms with E-state index in [1.165, 1.54) is 56.2 Å². The lowest BCUT2D eigenvalue weighted by Crippen LogP contribution is -2.32. The molecule has 110 valence electrons. The fourth-order valence-electron chi connectivity index (χ4n) is 3.32. The molecule has 0 unspecified atom stereocenters. The first-order chi connectivity index (χ1) is 9.85. The summed E-state index contributed by atoms with van der Waals surface area (Å²) in [5, 5.41) is 3.58. The SMILES string of the molecule is CCN(Cc1ccc(CNC2CC2)cc1)C1CCCC1. The van der Waals surface area contributed by atoms with E-state index >= 15 is 0 Å². The van der Waals surface area contributed by atoms with E-state index in [-0.39, 0.29) is 0 Å². The second kappa shape index (κ2) is 6.73. The lowest BCUT2D eigenvalue weighted by atomic mass is 10.1. The van der Waals surface area contributed by atoms with Crippen LogP contribution in [0.15, 0.2) is 24.3 Å². The smallest absolute Gasteiger partial charge is 0.0236 e. The molecule has 0 saturated heterocycles. The molecule has 0 spiro atoms. The highest BCUT2D eigenvalue weighted by molar-refractivity contribution is 5.22. The Labute approximate surface area is 123 Å². The van der Waals surface area contributed by atoms with Crippen molar-refractivity contribution < 1.29 is 0 Å². The Kier molecular flexibility index (Phi) is 4.74. The molecule has 2 heteroatoms. The van der Waals surface area contributed by atoms with Gasteiger partial charge in [0.15, 0.2) is 0 Å². The summed E-state index contributed by atoms with van der Waals surface area (Å²) in [6.07, 6.45) is 8.38. The molecule has 1 aromatic rings. The molecule has 2 aliphatic rings. The van der Waals surface area contributed by atoms with Crippen molar-refractivity contribution in [3.05, 3.63) is 35.4 Å². The summed E-state index contributed by atoms with van der Waals surface area (Å²) in [7, 11) is 0. The Morgan fingerprint density at radius 1 is 1.00 bits per heavy atom. The third kappa shape index (κ3) is 3.83. The van der Waals surface area contributed by atoms with E-state index in [0.29, 0.717) is 0 Å². The molecule has 0 atom stereocenters. The largest absolute Gasteiger partial charge is 0.310 e. The summed E-state index contributed by atoms with van der Waals surface area (Å²) < 4.78 is 0. The van der Waals surface area contributed by atoms with Gasteiger partial charge in [-0.2, -0.15) is 0 Å². The zero-order valence-electron chi connectivity index (χ0n) is 12.8. The van der Waals surface area contributed by atoms with Gasteiger partial charge in [0.2, 0.25) is 0 Å². The van der Waals surface area contributed by atoms with Gasteiger partial charge in [0.05, 0.1) is 0 Å². The lowest BCUT2D eigenvalue weighted by molar-refractivity contribution is 0.200. The minimum atomic E-state index is 0.799. The quantitative estimate of drug-likeness (QED) is 0.814. The summed E-state index contributed by atoms with van der Waals surface area (Å²) in [6.45, 7) is 5.63. The molecule has 0 heterocycles. The van der Waals surface area contributed by atoms with Crippen LogP contribution in [-0.4, -0.2) is 23.5 Å². The van der Waals surface area contributed by atoms with Gasteiger partial charge in [-0.25, -0.2) is 0 Å². The van der Waals surface area contributed by atoms with Gasteiger partial charge in [0.25, 0.3) is 0 Å². The first-order valence-corrected chi connectivity index (χ1v) is 8.40. The summed E-state index contributed by atoms with van der Waals surface area (Å²) in [6, 6.07) is 10.9. The van der Waals surface area contributed by atoms with Gasteiger partial charge < -0.3 is 5.32 Å². The first kappa shape index (κ1) is 14.1. The van der Waals surface area contributed by atoms with Crippen LogP contribution in [0.4, 0.5) is 0 Å². The van der Waals surface area contributed by atoms with Crippen LogP contribution in [0, 0.1) is 0 Å². The molecule has 20 heavy (non-hydrogen) atoms. The van der Waals surface area contributed by atoms with Gasteiger partial charge in [0.1, 0.15) is 0 Å². The van der Waals surface area contributed by atoms with E-state index in [4.69, 9.17) is 0 Å². The molecule has 1 N–H and O–H groups in total. The molecule has 0 aromatic heterocycles. The molecule has 0 radical (unpaired) electrons. The maximum absolute atomic E-state index is 3.58. The van der Waals surface area contributed by atoms with E-state index in [1.807, 2.05) is 0 Å². The minimum Gasteiger partial charge on any atom is -0.310 e. The summed E-state index contributed by atoms with van der Waals surface area (Å²) in [4.78, 5) is 2.66. The predicted octanol–water partition coefficient (Wildman–Crippen LogP) is 3.70. The molecule has 2 aliphatic carbocycles. The number of rotatable bonds is 7. The van der Waals surface area contributed by atoms with Crippen molar-refractivity contribution in [2.75, 3.05) is 6.54 Å².